The Morgan fingerprint density at radius 3 is 1.30 bits per heavy atom. The van der Waals surface area contributed by atoms with E-state index >= 15 is 0 Å². The highest BCUT2D eigenvalue weighted by Crippen LogP contribution is 2.23. The van der Waals surface area contributed by atoms with Gasteiger partial charge < -0.3 is 14.6 Å². The zero-order valence-electron chi connectivity index (χ0n) is 30.2. The SMILES string of the molecule is CCCCCCCCCCCCCCOc1ccc(/C=N/N=C/c2ccc(OCCCCCCCCCCCCCC)cc2O)cc1. The van der Waals surface area contributed by atoms with E-state index < -0.39 is 0 Å². The van der Waals surface area contributed by atoms with Gasteiger partial charge in [-0.2, -0.15) is 10.2 Å². The first-order valence-corrected chi connectivity index (χ1v) is 19.5. The number of phenols is 1. The molecule has 5 nitrogen and oxygen atoms in total. The van der Waals surface area contributed by atoms with Crippen molar-refractivity contribution in [2.24, 2.45) is 10.2 Å². The molecule has 0 aliphatic carbocycles. The van der Waals surface area contributed by atoms with Crippen LogP contribution < -0.4 is 9.47 Å². The molecule has 0 atom stereocenters. The molecule has 2 rings (SSSR count). The van der Waals surface area contributed by atoms with E-state index in [1.807, 2.05) is 36.4 Å². The summed E-state index contributed by atoms with van der Waals surface area (Å²) in [6, 6.07) is 13.3. The average molecular weight is 649 g/mol. The first-order chi connectivity index (χ1) is 23.2. The normalized spacial score (nSPS) is 11.6. The van der Waals surface area contributed by atoms with Gasteiger partial charge in [-0.25, -0.2) is 0 Å². The number of ether oxygens (including phenoxy) is 2. The van der Waals surface area contributed by atoms with E-state index in [0.717, 1.165) is 30.8 Å². The number of benzene rings is 2. The van der Waals surface area contributed by atoms with E-state index in [4.69, 9.17) is 9.47 Å². The van der Waals surface area contributed by atoms with Gasteiger partial charge in [-0.15, -0.1) is 0 Å². The van der Waals surface area contributed by atoms with Crippen molar-refractivity contribution in [3.05, 3.63) is 53.6 Å². The summed E-state index contributed by atoms with van der Waals surface area (Å²) >= 11 is 0. The third-order valence-corrected chi connectivity index (χ3v) is 8.89. The van der Waals surface area contributed by atoms with Gasteiger partial charge in [0.05, 0.1) is 25.6 Å². The smallest absolute Gasteiger partial charge is 0.128 e. The van der Waals surface area contributed by atoms with Gasteiger partial charge in [0.25, 0.3) is 0 Å². The van der Waals surface area contributed by atoms with Gasteiger partial charge in [-0.05, 0) is 54.8 Å². The molecule has 0 aliphatic rings. The van der Waals surface area contributed by atoms with E-state index in [2.05, 4.69) is 24.1 Å². The third kappa shape index (κ3) is 22.4. The predicted molar refractivity (Wildman–Crippen MR) is 203 cm³/mol. The van der Waals surface area contributed by atoms with Crippen LogP contribution in [0.2, 0.25) is 0 Å². The molecule has 264 valence electrons. The molecule has 0 radical (unpaired) electrons. The van der Waals surface area contributed by atoms with Crippen LogP contribution in [0.3, 0.4) is 0 Å². The highest BCUT2D eigenvalue weighted by atomic mass is 16.5. The highest BCUT2D eigenvalue weighted by molar-refractivity contribution is 5.85. The van der Waals surface area contributed by atoms with E-state index in [-0.39, 0.29) is 5.75 Å². The van der Waals surface area contributed by atoms with Crippen molar-refractivity contribution in [2.75, 3.05) is 13.2 Å². The van der Waals surface area contributed by atoms with Crippen molar-refractivity contribution >= 4 is 12.4 Å². The summed E-state index contributed by atoms with van der Waals surface area (Å²) in [5, 5.41) is 18.7. The van der Waals surface area contributed by atoms with Gasteiger partial charge in [0.1, 0.15) is 17.2 Å². The lowest BCUT2D eigenvalue weighted by Crippen LogP contribution is -1.97. The van der Waals surface area contributed by atoms with Gasteiger partial charge in [-0.3, -0.25) is 0 Å². The van der Waals surface area contributed by atoms with Crippen molar-refractivity contribution in [1.82, 2.24) is 0 Å². The summed E-state index contributed by atoms with van der Waals surface area (Å²) in [6.45, 7) is 6.00. The first kappa shape index (κ1) is 40.4. The number of phenolic OH excluding ortho intramolecular Hbond substituents is 1. The van der Waals surface area contributed by atoms with Crippen LogP contribution >= 0.6 is 0 Å². The second-order valence-corrected chi connectivity index (χ2v) is 13.3. The summed E-state index contributed by atoms with van der Waals surface area (Å²) in [7, 11) is 0. The van der Waals surface area contributed by atoms with Crippen molar-refractivity contribution in [3.63, 3.8) is 0 Å². The standard InChI is InChI=1S/C42H68N2O3/c1-3-5-7-9-11-13-15-17-19-21-23-25-33-46-40-30-27-38(28-31-40)36-43-44-37-39-29-32-41(35-42(39)45)47-34-26-24-22-20-18-16-14-12-10-8-6-4-2/h27-32,35-37,45H,3-26,33-34H2,1-2H3/b43-36+,44-37+. The molecule has 0 fully saturated rings. The number of hydrogen-bond donors (Lipinski definition) is 1. The summed E-state index contributed by atoms with van der Waals surface area (Å²) in [6.07, 6.45) is 35.4. The molecule has 1 N–H and O–H groups in total. The van der Waals surface area contributed by atoms with Crippen molar-refractivity contribution in [2.45, 2.75) is 168 Å². The van der Waals surface area contributed by atoms with Crippen LogP contribution in [0.5, 0.6) is 17.2 Å². The molecule has 0 amide bonds. The Kier molecular flexibility index (Phi) is 25.2. The minimum absolute atomic E-state index is 0.144. The lowest BCUT2D eigenvalue weighted by molar-refractivity contribution is 0.302. The Morgan fingerprint density at radius 2 is 0.851 bits per heavy atom. The summed E-state index contributed by atoms with van der Waals surface area (Å²) < 4.78 is 11.8. The van der Waals surface area contributed by atoms with E-state index in [1.54, 1.807) is 18.5 Å². The number of hydrogen-bond acceptors (Lipinski definition) is 5. The average Bonchev–Trinajstić information content (AvgIpc) is 3.08. The molecule has 0 saturated carbocycles. The van der Waals surface area contributed by atoms with Gasteiger partial charge in [0, 0.05) is 11.6 Å². The van der Waals surface area contributed by atoms with Gasteiger partial charge >= 0.3 is 0 Å². The minimum Gasteiger partial charge on any atom is -0.507 e. The molecule has 0 saturated heterocycles. The first-order valence-electron chi connectivity index (χ1n) is 19.5. The quantitative estimate of drug-likeness (QED) is 0.0502. The van der Waals surface area contributed by atoms with E-state index in [1.165, 1.54) is 141 Å². The van der Waals surface area contributed by atoms with Crippen molar-refractivity contribution in [3.8, 4) is 17.2 Å². The Balaban J connectivity index is 1.50. The number of rotatable bonds is 31. The van der Waals surface area contributed by atoms with Gasteiger partial charge in [0.15, 0.2) is 0 Å². The molecule has 0 bridgehead atoms. The molecule has 0 spiro atoms. The van der Waals surface area contributed by atoms with Crippen LogP contribution in [0.25, 0.3) is 0 Å². The maximum absolute atomic E-state index is 10.4. The van der Waals surface area contributed by atoms with E-state index in [9.17, 15) is 5.11 Å². The van der Waals surface area contributed by atoms with Gasteiger partial charge in [0.2, 0.25) is 0 Å². The fourth-order valence-electron chi connectivity index (χ4n) is 5.83. The molecule has 0 heterocycles. The van der Waals surface area contributed by atoms with Crippen LogP contribution in [0.1, 0.15) is 179 Å². The summed E-state index contributed by atoms with van der Waals surface area (Å²) in [4.78, 5) is 0. The van der Waals surface area contributed by atoms with Crippen LogP contribution in [0.4, 0.5) is 0 Å². The zero-order valence-corrected chi connectivity index (χ0v) is 30.2. The van der Waals surface area contributed by atoms with Gasteiger partial charge in [-0.1, -0.05) is 155 Å². The summed E-state index contributed by atoms with van der Waals surface area (Å²) in [5.41, 5.74) is 1.56. The second-order valence-electron chi connectivity index (χ2n) is 13.3. The Hall–Kier alpha value is -2.82. The zero-order chi connectivity index (χ0) is 33.5. The Morgan fingerprint density at radius 1 is 0.468 bits per heavy atom. The lowest BCUT2D eigenvalue weighted by atomic mass is 10.1. The fourth-order valence-corrected chi connectivity index (χ4v) is 5.83. The third-order valence-electron chi connectivity index (χ3n) is 8.89. The fraction of sp³-hybridized carbons (Fsp3) is 0.667. The van der Waals surface area contributed by atoms with Crippen molar-refractivity contribution in [1.29, 1.82) is 0 Å². The molecule has 0 aliphatic heterocycles. The molecule has 2 aromatic carbocycles. The highest BCUT2D eigenvalue weighted by Gasteiger charge is 2.02. The monoisotopic (exact) mass is 649 g/mol. The van der Waals surface area contributed by atoms with Crippen LogP contribution in [-0.4, -0.2) is 30.7 Å². The maximum Gasteiger partial charge on any atom is 0.128 e. The summed E-state index contributed by atoms with van der Waals surface area (Å²) in [5.74, 6) is 1.72. The van der Waals surface area contributed by atoms with Crippen LogP contribution in [0.15, 0.2) is 52.7 Å². The van der Waals surface area contributed by atoms with Crippen LogP contribution in [0, 0.1) is 0 Å². The predicted octanol–water partition coefficient (Wildman–Crippen LogP) is 13.0. The largest absolute Gasteiger partial charge is 0.507 e. The number of nitrogens with zero attached hydrogens (tertiary/aromatic N) is 2. The molecule has 5 heteroatoms. The number of unbranched alkanes of at least 4 members (excludes halogenated alkanes) is 22. The Bertz CT molecular complexity index is 1050. The maximum atomic E-state index is 10.4. The second kappa shape index (κ2) is 29.3. The topological polar surface area (TPSA) is 63.4 Å². The van der Waals surface area contributed by atoms with Crippen molar-refractivity contribution < 1.29 is 14.6 Å². The number of aromatic hydroxyl groups is 1. The molecule has 0 aromatic heterocycles. The minimum atomic E-state index is 0.144. The van der Waals surface area contributed by atoms with Crippen LogP contribution in [-0.2, 0) is 0 Å². The molecule has 0 unspecified atom stereocenters. The molecule has 47 heavy (non-hydrogen) atoms. The molecular formula is C42H68N2O3. The Labute approximate surface area is 288 Å². The molecular weight excluding hydrogens is 580 g/mol. The lowest BCUT2D eigenvalue weighted by Gasteiger charge is -2.08. The van der Waals surface area contributed by atoms with E-state index in [0.29, 0.717) is 17.9 Å². The molecule has 2 aromatic rings.